The van der Waals surface area contributed by atoms with Gasteiger partial charge in [-0.1, -0.05) is 13.3 Å². The maximum Gasteiger partial charge on any atom is 0.318 e. The number of aliphatic carboxylic acids is 1. The molecule has 1 rings (SSSR count). The molecule has 1 fully saturated rings. The molecule has 110 valence electrons. The SMILES string of the molecule is CCCC(CC(=O)O)NC(=O)N1C(C)CCCC1C. The summed E-state index contributed by atoms with van der Waals surface area (Å²) in [5.74, 6) is -0.863. The molecule has 1 heterocycles. The predicted octanol–water partition coefficient (Wildman–Crippen LogP) is 2.60. The fourth-order valence-corrected chi connectivity index (χ4v) is 2.86. The molecule has 5 nitrogen and oxygen atoms in total. The van der Waals surface area contributed by atoms with Gasteiger partial charge in [0, 0.05) is 18.1 Å². The van der Waals surface area contributed by atoms with Crippen molar-refractivity contribution in [1.82, 2.24) is 10.2 Å². The average molecular weight is 270 g/mol. The van der Waals surface area contributed by atoms with Crippen LogP contribution in [0.15, 0.2) is 0 Å². The standard InChI is InChI=1S/C14H26N2O3/c1-4-6-12(9-13(17)18)15-14(19)16-10(2)7-5-8-11(16)3/h10-12H,4-9H2,1-3H3,(H,15,19)(H,17,18). The van der Waals surface area contributed by atoms with Gasteiger partial charge in [0.2, 0.25) is 0 Å². The number of carboxylic acids is 1. The van der Waals surface area contributed by atoms with Gasteiger partial charge < -0.3 is 15.3 Å². The highest BCUT2D eigenvalue weighted by atomic mass is 16.4. The van der Waals surface area contributed by atoms with Crippen LogP contribution in [0.1, 0.15) is 59.3 Å². The van der Waals surface area contributed by atoms with E-state index >= 15 is 0 Å². The number of carbonyl (C=O) groups is 2. The summed E-state index contributed by atoms with van der Waals surface area (Å²) in [6, 6.07) is 0.0856. The third kappa shape index (κ3) is 4.73. The van der Waals surface area contributed by atoms with Crippen LogP contribution in [0.5, 0.6) is 0 Å². The zero-order chi connectivity index (χ0) is 14.4. The van der Waals surface area contributed by atoms with Gasteiger partial charge in [0.25, 0.3) is 0 Å². The van der Waals surface area contributed by atoms with Crippen molar-refractivity contribution < 1.29 is 14.7 Å². The van der Waals surface area contributed by atoms with Crippen LogP contribution < -0.4 is 5.32 Å². The van der Waals surface area contributed by atoms with E-state index in [9.17, 15) is 9.59 Å². The van der Waals surface area contributed by atoms with E-state index in [1.165, 1.54) is 0 Å². The van der Waals surface area contributed by atoms with Gasteiger partial charge in [-0.25, -0.2) is 4.79 Å². The molecule has 2 N–H and O–H groups in total. The molecule has 0 aliphatic carbocycles. The Morgan fingerprint density at radius 1 is 1.32 bits per heavy atom. The predicted molar refractivity (Wildman–Crippen MR) is 74.1 cm³/mol. The molecule has 1 saturated heterocycles. The smallest absolute Gasteiger partial charge is 0.318 e. The molecular weight excluding hydrogens is 244 g/mol. The van der Waals surface area contributed by atoms with Crippen LogP contribution in [-0.2, 0) is 4.79 Å². The molecule has 1 aliphatic heterocycles. The second-order valence-corrected chi connectivity index (χ2v) is 5.57. The number of piperidine rings is 1. The Bertz CT molecular complexity index is 310. The Kier molecular flexibility index (Phi) is 6.12. The summed E-state index contributed by atoms with van der Waals surface area (Å²) in [5, 5.41) is 11.8. The molecule has 2 amide bonds. The van der Waals surface area contributed by atoms with E-state index in [1.54, 1.807) is 0 Å². The molecule has 0 saturated carbocycles. The molecule has 5 heteroatoms. The van der Waals surface area contributed by atoms with E-state index in [1.807, 2.05) is 11.8 Å². The first kappa shape index (κ1) is 15.8. The van der Waals surface area contributed by atoms with Crippen molar-refractivity contribution in [3.05, 3.63) is 0 Å². The highest BCUT2D eigenvalue weighted by Crippen LogP contribution is 2.22. The number of hydrogen-bond donors (Lipinski definition) is 2. The third-order valence-electron chi connectivity index (χ3n) is 3.81. The number of carbonyl (C=O) groups excluding carboxylic acids is 1. The normalized spacial score (nSPS) is 24.9. The number of urea groups is 1. The number of nitrogens with one attached hydrogen (secondary N) is 1. The lowest BCUT2D eigenvalue weighted by Gasteiger charge is -2.39. The topological polar surface area (TPSA) is 69.6 Å². The van der Waals surface area contributed by atoms with Gasteiger partial charge >= 0.3 is 12.0 Å². The lowest BCUT2D eigenvalue weighted by molar-refractivity contribution is -0.137. The number of hydrogen-bond acceptors (Lipinski definition) is 2. The van der Waals surface area contributed by atoms with Crippen LogP contribution in [0.4, 0.5) is 4.79 Å². The zero-order valence-corrected chi connectivity index (χ0v) is 12.2. The number of carboxylic acid groups (broad SMARTS) is 1. The van der Waals surface area contributed by atoms with Crippen LogP contribution >= 0.6 is 0 Å². The van der Waals surface area contributed by atoms with Gasteiger partial charge in [0.05, 0.1) is 6.42 Å². The minimum atomic E-state index is -0.863. The number of amides is 2. The van der Waals surface area contributed by atoms with Crippen molar-refractivity contribution in [1.29, 1.82) is 0 Å². The van der Waals surface area contributed by atoms with Crippen LogP contribution in [-0.4, -0.2) is 40.1 Å². The first-order chi connectivity index (χ1) is 8.95. The van der Waals surface area contributed by atoms with Crippen molar-refractivity contribution in [3.8, 4) is 0 Å². The molecular formula is C14H26N2O3. The van der Waals surface area contributed by atoms with Crippen molar-refractivity contribution in [2.24, 2.45) is 0 Å². The molecule has 0 aromatic carbocycles. The number of rotatable bonds is 5. The summed E-state index contributed by atoms with van der Waals surface area (Å²) in [6.45, 7) is 6.11. The fourth-order valence-electron chi connectivity index (χ4n) is 2.86. The maximum absolute atomic E-state index is 12.3. The Morgan fingerprint density at radius 3 is 2.37 bits per heavy atom. The Hall–Kier alpha value is -1.26. The molecule has 0 aromatic heterocycles. The molecule has 3 atom stereocenters. The monoisotopic (exact) mass is 270 g/mol. The zero-order valence-electron chi connectivity index (χ0n) is 12.2. The molecule has 19 heavy (non-hydrogen) atoms. The largest absolute Gasteiger partial charge is 0.481 e. The molecule has 3 unspecified atom stereocenters. The molecule has 1 aliphatic rings. The summed E-state index contributed by atoms with van der Waals surface area (Å²) in [7, 11) is 0. The second kappa shape index (κ2) is 7.36. The van der Waals surface area contributed by atoms with Crippen LogP contribution in [0, 0.1) is 0 Å². The Morgan fingerprint density at radius 2 is 1.89 bits per heavy atom. The minimum Gasteiger partial charge on any atom is -0.481 e. The average Bonchev–Trinajstić information content (AvgIpc) is 2.27. The van der Waals surface area contributed by atoms with Crippen molar-refractivity contribution in [2.45, 2.75) is 77.4 Å². The number of nitrogens with zero attached hydrogens (tertiary/aromatic N) is 1. The lowest BCUT2D eigenvalue weighted by atomic mass is 9.98. The van der Waals surface area contributed by atoms with Gasteiger partial charge in [0.15, 0.2) is 0 Å². The minimum absolute atomic E-state index is 0.00379. The maximum atomic E-state index is 12.3. The summed E-state index contributed by atoms with van der Waals surface area (Å²) in [4.78, 5) is 25.0. The third-order valence-corrected chi connectivity index (χ3v) is 3.81. The Balaban J connectivity index is 2.61. The fraction of sp³-hybridized carbons (Fsp3) is 0.857. The van der Waals surface area contributed by atoms with Crippen LogP contribution in [0.3, 0.4) is 0 Å². The van der Waals surface area contributed by atoms with Crippen LogP contribution in [0.25, 0.3) is 0 Å². The van der Waals surface area contributed by atoms with Crippen molar-refractivity contribution >= 4 is 12.0 Å². The quantitative estimate of drug-likeness (QED) is 0.806. The molecule has 0 spiro atoms. The molecule has 0 radical (unpaired) electrons. The second-order valence-electron chi connectivity index (χ2n) is 5.57. The number of likely N-dealkylation sites (tertiary alicyclic amines) is 1. The van der Waals surface area contributed by atoms with E-state index in [2.05, 4.69) is 19.2 Å². The van der Waals surface area contributed by atoms with Crippen molar-refractivity contribution in [2.75, 3.05) is 0 Å². The lowest BCUT2D eigenvalue weighted by Crippen LogP contribution is -2.54. The first-order valence-corrected chi connectivity index (χ1v) is 7.26. The summed E-state index contributed by atoms with van der Waals surface area (Å²) >= 11 is 0. The van der Waals surface area contributed by atoms with Gasteiger partial charge in [-0.05, 0) is 39.5 Å². The van der Waals surface area contributed by atoms with E-state index in [-0.39, 0.29) is 30.6 Å². The highest BCUT2D eigenvalue weighted by molar-refractivity contribution is 5.76. The molecule has 0 aromatic rings. The van der Waals surface area contributed by atoms with E-state index in [4.69, 9.17) is 5.11 Å². The van der Waals surface area contributed by atoms with E-state index < -0.39 is 5.97 Å². The van der Waals surface area contributed by atoms with Crippen LogP contribution in [0.2, 0.25) is 0 Å². The highest BCUT2D eigenvalue weighted by Gasteiger charge is 2.30. The van der Waals surface area contributed by atoms with E-state index in [0.29, 0.717) is 6.42 Å². The van der Waals surface area contributed by atoms with Gasteiger partial charge in [-0.2, -0.15) is 0 Å². The van der Waals surface area contributed by atoms with E-state index in [0.717, 1.165) is 25.7 Å². The summed E-state index contributed by atoms with van der Waals surface area (Å²) in [6.07, 6.45) is 4.76. The van der Waals surface area contributed by atoms with Gasteiger partial charge in [-0.15, -0.1) is 0 Å². The summed E-state index contributed by atoms with van der Waals surface area (Å²) in [5.41, 5.74) is 0. The van der Waals surface area contributed by atoms with Crippen molar-refractivity contribution in [3.63, 3.8) is 0 Å². The van der Waals surface area contributed by atoms with Gasteiger partial charge in [0.1, 0.15) is 0 Å². The Labute approximate surface area is 115 Å². The van der Waals surface area contributed by atoms with Gasteiger partial charge in [-0.3, -0.25) is 4.79 Å². The molecule has 0 bridgehead atoms. The summed E-state index contributed by atoms with van der Waals surface area (Å²) < 4.78 is 0. The first-order valence-electron chi connectivity index (χ1n) is 7.26.